The quantitative estimate of drug-likeness (QED) is 0.103. The van der Waals surface area contributed by atoms with Crippen molar-refractivity contribution < 1.29 is 61.6 Å². The summed E-state index contributed by atoms with van der Waals surface area (Å²) in [5.74, 6) is 6.68. The lowest BCUT2D eigenvalue weighted by molar-refractivity contribution is 0.0770. The monoisotopic (exact) mass is 940 g/mol. The molecule has 8 rings (SSSR count). The zero-order valence-corrected chi connectivity index (χ0v) is 41.7. The van der Waals surface area contributed by atoms with Gasteiger partial charge in [0.1, 0.15) is 63.8 Å². The lowest BCUT2D eigenvalue weighted by Gasteiger charge is -2.35. The lowest BCUT2D eigenvalue weighted by atomic mass is 9.78. The Kier molecular flexibility index (Phi) is 15.1. The molecular weight excluding hydrogens is 881 g/mol. The third kappa shape index (κ3) is 9.59. The fourth-order valence-electron chi connectivity index (χ4n) is 9.11. The Morgan fingerprint density at radius 1 is 0.420 bits per heavy atom. The van der Waals surface area contributed by atoms with Gasteiger partial charge in [-0.15, -0.1) is 0 Å². The Morgan fingerprint density at radius 3 is 1.48 bits per heavy atom. The SMILES string of the molecule is COc1cc(C)c(C2=Cc3c(OC)cc(C)cc3O[C@@H]2c2ccc(OC)c(OC)c2)c(OC)c1.COc1cc(C)c([C@@H]2C(=O)c3c(OC)cc(C)cc3O[C@@H]2c2ccc(OC)c(OC)c2)c(OC)c1. The van der Waals surface area contributed by atoms with Crippen LogP contribution in [0.2, 0.25) is 0 Å². The summed E-state index contributed by atoms with van der Waals surface area (Å²) >= 11 is 0. The molecule has 3 atom stereocenters. The van der Waals surface area contributed by atoms with E-state index in [1.54, 1.807) is 77.2 Å². The zero-order valence-electron chi connectivity index (χ0n) is 41.7. The molecular formula is C56H60O13. The average molecular weight is 941 g/mol. The van der Waals surface area contributed by atoms with Crippen molar-refractivity contribution in [2.45, 2.75) is 45.8 Å². The van der Waals surface area contributed by atoms with E-state index in [4.69, 9.17) is 56.8 Å². The predicted molar refractivity (Wildman–Crippen MR) is 265 cm³/mol. The first-order valence-corrected chi connectivity index (χ1v) is 22.2. The number of ether oxygens (including phenoxy) is 12. The van der Waals surface area contributed by atoms with Gasteiger partial charge in [0.05, 0.1) is 82.6 Å². The van der Waals surface area contributed by atoms with Crippen LogP contribution < -0.4 is 56.8 Å². The number of benzene rings is 6. The number of ketones is 1. The van der Waals surface area contributed by atoms with E-state index in [9.17, 15) is 4.79 Å². The Bertz CT molecular complexity index is 2900. The van der Waals surface area contributed by atoms with Crippen molar-refractivity contribution in [1.82, 2.24) is 0 Å². The van der Waals surface area contributed by atoms with E-state index in [1.165, 1.54) is 0 Å². The predicted octanol–water partition coefficient (Wildman–Crippen LogP) is 11.5. The molecule has 0 aliphatic carbocycles. The number of Topliss-reactive ketones (excluding diaryl/α,β-unsaturated/α-hetero) is 1. The molecule has 6 aromatic carbocycles. The largest absolute Gasteiger partial charge is 0.497 e. The van der Waals surface area contributed by atoms with Gasteiger partial charge in [0.15, 0.2) is 28.8 Å². The van der Waals surface area contributed by atoms with Gasteiger partial charge in [-0.1, -0.05) is 12.1 Å². The first-order chi connectivity index (χ1) is 33.3. The highest BCUT2D eigenvalue weighted by Crippen LogP contribution is 2.52. The Morgan fingerprint density at radius 2 is 0.913 bits per heavy atom. The number of aryl methyl sites for hydroxylation is 4. The van der Waals surface area contributed by atoms with Crippen LogP contribution in [0.3, 0.4) is 0 Å². The molecule has 13 heteroatoms. The summed E-state index contributed by atoms with van der Waals surface area (Å²) in [5, 5.41) is 0. The third-order valence-corrected chi connectivity index (χ3v) is 12.4. The molecule has 2 aliphatic heterocycles. The van der Waals surface area contributed by atoms with Crippen LogP contribution >= 0.6 is 0 Å². The van der Waals surface area contributed by atoms with Crippen LogP contribution in [0.1, 0.15) is 78.6 Å². The second-order valence-corrected chi connectivity index (χ2v) is 16.5. The second kappa shape index (κ2) is 21.1. The van der Waals surface area contributed by atoms with E-state index in [-0.39, 0.29) is 5.78 Å². The van der Waals surface area contributed by atoms with Crippen molar-refractivity contribution in [1.29, 1.82) is 0 Å². The van der Waals surface area contributed by atoms with E-state index < -0.39 is 18.1 Å². The second-order valence-electron chi connectivity index (χ2n) is 16.5. The normalized spacial score (nSPS) is 15.6. The Hall–Kier alpha value is -7.67. The molecule has 0 saturated carbocycles. The summed E-state index contributed by atoms with van der Waals surface area (Å²) in [5.41, 5.74) is 9.44. The van der Waals surface area contributed by atoms with Gasteiger partial charge in [-0.2, -0.15) is 0 Å². The molecule has 0 amide bonds. The van der Waals surface area contributed by atoms with E-state index in [1.807, 2.05) is 107 Å². The van der Waals surface area contributed by atoms with Crippen LogP contribution in [0.5, 0.6) is 69.0 Å². The summed E-state index contributed by atoms with van der Waals surface area (Å²) in [7, 11) is 16.1. The lowest BCUT2D eigenvalue weighted by Crippen LogP contribution is -2.31. The molecule has 0 spiro atoms. The summed E-state index contributed by atoms with van der Waals surface area (Å²) in [6, 6.07) is 26.6. The maximum atomic E-state index is 14.2. The number of carbonyl (C=O) groups is 1. The minimum absolute atomic E-state index is 0.116. The summed E-state index contributed by atoms with van der Waals surface area (Å²) in [4.78, 5) is 14.2. The van der Waals surface area contributed by atoms with Gasteiger partial charge in [0, 0.05) is 34.4 Å². The van der Waals surface area contributed by atoms with E-state index in [2.05, 4.69) is 6.08 Å². The van der Waals surface area contributed by atoms with Crippen molar-refractivity contribution in [3.05, 3.63) is 141 Å². The summed E-state index contributed by atoms with van der Waals surface area (Å²) < 4.78 is 68.9. The Labute approximate surface area is 404 Å². The van der Waals surface area contributed by atoms with E-state index >= 15 is 0 Å². The molecule has 0 bridgehead atoms. The molecule has 6 aromatic rings. The minimum Gasteiger partial charge on any atom is -0.497 e. The topological polar surface area (TPSA) is 128 Å². The number of rotatable bonds is 14. The first kappa shape index (κ1) is 49.2. The minimum atomic E-state index is -0.710. The highest BCUT2D eigenvalue weighted by molar-refractivity contribution is 6.07. The Balaban J connectivity index is 0.000000204. The molecule has 69 heavy (non-hydrogen) atoms. The molecule has 13 nitrogen and oxygen atoms in total. The summed E-state index contributed by atoms with van der Waals surface area (Å²) in [6.07, 6.45) is 1.05. The molecule has 0 saturated heterocycles. The van der Waals surface area contributed by atoms with Crippen molar-refractivity contribution in [3.63, 3.8) is 0 Å². The van der Waals surface area contributed by atoms with Crippen LogP contribution in [0.15, 0.2) is 84.9 Å². The van der Waals surface area contributed by atoms with Crippen molar-refractivity contribution in [2.24, 2.45) is 0 Å². The van der Waals surface area contributed by atoms with E-state index in [0.717, 1.165) is 72.9 Å². The van der Waals surface area contributed by atoms with Crippen LogP contribution in [-0.2, 0) is 0 Å². The fraction of sp³-hybridized carbons (Fsp3) is 0.304. The highest BCUT2D eigenvalue weighted by atomic mass is 16.5. The van der Waals surface area contributed by atoms with Crippen LogP contribution in [0, 0.1) is 27.7 Å². The van der Waals surface area contributed by atoms with Crippen LogP contribution in [0.4, 0.5) is 0 Å². The van der Waals surface area contributed by atoms with Crippen LogP contribution in [0.25, 0.3) is 11.6 Å². The average Bonchev–Trinajstić information content (AvgIpc) is 3.36. The standard InChI is InChI=1S/C28H30O7.C28H30O6/c1-15-10-21(33-6)25-23(11-15)35-28(17-8-9-19(31-4)20(13-17)32-5)26(27(25)29)24-16(2)12-18(30-3)14-22(24)34-7;1-16-10-23(31-5)20-15-21(27-17(2)12-19(29-3)14-26(27)33-7)28(34-24(20)11-16)18-8-9-22(30-4)25(13-18)32-6/h8-14,26,28H,1-7H3;8-15,28H,1-7H3/t26-,28-;28-/m11/s1. The fourth-order valence-corrected chi connectivity index (χ4v) is 9.11. The number of carbonyl (C=O) groups excluding carboxylic acids is 1. The number of methoxy groups -OCH3 is 10. The van der Waals surface area contributed by atoms with Crippen molar-refractivity contribution in [2.75, 3.05) is 71.1 Å². The molecule has 0 unspecified atom stereocenters. The van der Waals surface area contributed by atoms with Gasteiger partial charge in [0.2, 0.25) is 0 Å². The molecule has 2 heterocycles. The molecule has 2 aliphatic rings. The van der Waals surface area contributed by atoms with Crippen LogP contribution in [-0.4, -0.2) is 76.9 Å². The third-order valence-electron chi connectivity index (χ3n) is 12.4. The number of hydrogen-bond acceptors (Lipinski definition) is 13. The maximum absolute atomic E-state index is 14.2. The maximum Gasteiger partial charge on any atom is 0.182 e. The molecule has 0 aromatic heterocycles. The molecule has 362 valence electrons. The number of hydrogen-bond donors (Lipinski definition) is 0. The summed E-state index contributed by atoms with van der Waals surface area (Å²) in [6.45, 7) is 7.92. The van der Waals surface area contributed by atoms with Gasteiger partial charge in [-0.05, 0) is 122 Å². The van der Waals surface area contributed by atoms with Gasteiger partial charge in [0.25, 0.3) is 0 Å². The molecule has 0 N–H and O–H groups in total. The highest BCUT2D eigenvalue weighted by Gasteiger charge is 2.44. The van der Waals surface area contributed by atoms with Gasteiger partial charge in [-0.25, -0.2) is 0 Å². The van der Waals surface area contributed by atoms with E-state index in [0.29, 0.717) is 57.3 Å². The molecule has 0 radical (unpaired) electrons. The smallest absolute Gasteiger partial charge is 0.182 e. The van der Waals surface area contributed by atoms with Gasteiger partial charge in [-0.3, -0.25) is 4.79 Å². The van der Waals surface area contributed by atoms with Gasteiger partial charge < -0.3 is 56.8 Å². The van der Waals surface area contributed by atoms with Crippen molar-refractivity contribution >= 4 is 17.4 Å². The van der Waals surface area contributed by atoms with Crippen molar-refractivity contribution in [3.8, 4) is 69.0 Å². The number of fused-ring (bicyclic) bond motifs is 2. The molecule has 0 fully saturated rings. The first-order valence-electron chi connectivity index (χ1n) is 22.2. The zero-order chi connectivity index (χ0) is 49.7. The van der Waals surface area contributed by atoms with Gasteiger partial charge >= 0.3 is 0 Å².